The molecule has 35 heavy (non-hydrogen) atoms. The second-order valence-corrected chi connectivity index (χ2v) is 13.3. The Morgan fingerprint density at radius 1 is 1.31 bits per heavy atom. The molecule has 3 heterocycles. The highest BCUT2D eigenvalue weighted by Crippen LogP contribution is 2.72. The Morgan fingerprint density at radius 3 is 2.49 bits per heavy atom. The number of hydrogen-bond donors (Lipinski definition) is 1. The summed E-state index contributed by atoms with van der Waals surface area (Å²) in [7, 11) is 0. The summed E-state index contributed by atoms with van der Waals surface area (Å²) in [5.41, 5.74) is -0.493. The lowest BCUT2D eigenvalue weighted by Crippen LogP contribution is -2.61. The van der Waals surface area contributed by atoms with Crippen LogP contribution in [0.3, 0.4) is 0 Å². The molecule has 3 rings (SSSR count). The Bertz CT molecular complexity index is 885. The number of thioether (sulfide) groups is 1. The van der Waals surface area contributed by atoms with Gasteiger partial charge in [-0.15, -0.1) is 18.3 Å². The number of aliphatic hydroxyl groups excluding tert-OH is 1. The molecule has 3 aliphatic rings. The Balaban J connectivity index is 2.18. The quantitative estimate of drug-likeness (QED) is 0.361. The van der Waals surface area contributed by atoms with Gasteiger partial charge in [0.1, 0.15) is 12.6 Å². The molecule has 2 unspecified atom stereocenters. The minimum Gasteiger partial charge on any atom is -0.461 e. The van der Waals surface area contributed by atoms with Crippen molar-refractivity contribution in [2.75, 3.05) is 19.8 Å². The van der Waals surface area contributed by atoms with Crippen LogP contribution in [0.2, 0.25) is 0 Å². The van der Waals surface area contributed by atoms with Crippen LogP contribution >= 0.6 is 11.8 Å². The molecule has 0 radical (unpaired) electrons. The van der Waals surface area contributed by atoms with Crippen molar-refractivity contribution >= 4 is 29.5 Å². The van der Waals surface area contributed by atoms with Gasteiger partial charge in [0.2, 0.25) is 11.8 Å². The number of nitrogens with zero attached hydrogens (tertiary/aromatic N) is 2. The fourth-order valence-corrected chi connectivity index (χ4v) is 8.70. The van der Waals surface area contributed by atoms with Crippen molar-refractivity contribution in [3.8, 4) is 0 Å². The summed E-state index contributed by atoms with van der Waals surface area (Å²) in [6.07, 6.45) is 5.35. The summed E-state index contributed by atoms with van der Waals surface area (Å²) < 4.78 is 4.24. The maximum absolute atomic E-state index is 14.4. The fraction of sp³-hybridized carbons (Fsp3) is 0.741. The average molecular weight is 507 g/mol. The minimum absolute atomic E-state index is 0.0130. The van der Waals surface area contributed by atoms with Gasteiger partial charge < -0.3 is 19.6 Å². The molecule has 2 amide bonds. The third-order valence-corrected chi connectivity index (χ3v) is 10.3. The highest BCUT2D eigenvalue weighted by Gasteiger charge is 2.78. The average Bonchev–Trinajstić information content (AvgIpc) is 3.36. The maximum Gasteiger partial charge on any atom is 0.311 e. The van der Waals surface area contributed by atoms with E-state index < -0.39 is 44.9 Å². The van der Waals surface area contributed by atoms with Gasteiger partial charge in [0, 0.05) is 16.8 Å². The number of hydrogen-bond acceptors (Lipinski definition) is 6. The van der Waals surface area contributed by atoms with Gasteiger partial charge in [0.15, 0.2) is 0 Å². The van der Waals surface area contributed by atoms with Gasteiger partial charge >= 0.3 is 5.97 Å². The number of carbonyl (C=O) groups excluding carboxylic acids is 3. The summed E-state index contributed by atoms with van der Waals surface area (Å²) in [5.74, 6) is -2.09. The van der Waals surface area contributed by atoms with E-state index in [2.05, 4.69) is 13.2 Å². The molecule has 0 aliphatic carbocycles. The number of ether oxygens (including phenoxy) is 1. The number of rotatable bonds is 10. The first-order valence-electron chi connectivity index (χ1n) is 12.7. The molecule has 3 fully saturated rings. The van der Waals surface area contributed by atoms with Gasteiger partial charge in [-0.1, -0.05) is 39.0 Å². The summed E-state index contributed by atoms with van der Waals surface area (Å²) in [6, 6.07) is -1.28. The molecule has 7 nitrogen and oxygen atoms in total. The van der Waals surface area contributed by atoms with Gasteiger partial charge in [-0.05, 0) is 46.5 Å². The first kappa shape index (κ1) is 27.8. The molecule has 2 bridgehead atoms. The Hall–Kier alpha value is -1.80. The Labute approximate surface area is 214 Å². The molecule has 1 spiro atoms. The Kier molecular flexibility index (Phi) is 7.88. The molecule has 8 heteroatoms. The second kappa shape index (κ2) is 9.92. The van der Waals surface area contributed by atoms with Crippen molar-refractivity contribution in [2.45, 2.75) is 87.9 Å². The Morgan fingerprint density at radius 2 is 1.97 bits per heavy atom. The molecular formula is C27H42N2O5S. The van der Waals surface area contributed by atoms with Crippen LogP contribution in [-0.4, -0.2) is 79.6 Å². The number of amides is 2. The lowest BCUT2D eigenvalue weighted by molar-refractivity contribution is -0.155. The van der Waals surface area contributed by atoms with E-state index in [0.717, 1.165) is 12.8 Å². The van der Waals surface area contributed by atoms with E-state index in [0.29, 0.717) is 13.0 Å². The predicted octanol–water partition coefficient (Wildman–Crippen LogP) is 3.42. The van der Waals surface area contributed by atoms with Crippen molar-refractivity contribution in [2.24, 2.45) is 17.8 Å². The van der Waals surface area contributed by atoms with Crippen molar-refractivity contribution in [1.29, 1.82) is 0 Å². The molecule has 196 valence electrons. The van der Waals surface area contributed by atoms with Crippen LogP contribution < -0.4 is 0 Å². The van der Waals surface area contributed by atoms with Gasteiger partial charge in [-0.3, -0.25) is 14.4 Å². The molecule has 3 saturated heterocycles. The highest BCUT2D eigenvalue weighted by atomic mass is 32.2. The lowest BCUT2D eigenvalue weighted by atomic mass is 9.66. The number of likely N-dealkylation sites (tertiary alicyclic amines) is 1. The third kappa shape index (κ3) is 4.35. The van der Waals surface area contributed by atoms with E-state index in [-0.39, 0.29) is 30.9 Å². The predicted molar refractivity (Wildman–Crippen MR) is 139 cm³/mol. The summed E-state index contributed by atoms with van der Waals surface area (Å²) in [6.45, 7) is 19.6. The van der Waals surface area contributed by atoms with Crippen LogP contribution in [-0.2, 0) is 19.1 Å². The van der Waals surface area contributed by atoms with E-state index >= 15 is 0 Å². The van der Waals surface area contributed by atoms with Crippen LogP contribution in [0.25, 0.3) is 0 Å². The van der Waals surface area contributed by atoms with E-state index in [9.17, 15) is 19.5 Å². The standard InChI is InChI=1S/C27H42N2O5S/c1-9-14-28(25(5,6)7)23(32)21-27-13-12-26(8,35-27)20(24(33)34-15-10-2)19(27)22(31)29(21)18(16-30)17(4)11-3/h9-10,17-21,30H,1-2,11-16H2,3-8H3/t17-,18-,19-,20+,21?,26-,27?/m0/s1. The number of fused-ring (bicyclic) bond motifs is 1. The van der Waals surface area contributed by atoms with Crippen LogP contribution in [0.5, 0.6) is 0 Å². The smallest absolute Gasteiger partial charge is 0.311 e. The zero-order valence-corrected chi connectivity index (χ0v) is 22.9. The third-order valence-electron chi connectivity index (χ3n) is 8.28. The number of esters is 1. The van der Waals surface area contributed by atoms with Gasteiger partial charge in [-0.2, -0.15) is 0 Å². The van der Waals surface area contributed by atoms with E-state index in [1.165, 1.54) is 6.08 Å². The minimum atomic E-state index is -0.769. The van der Waals surface area contributed by atoms with Gasteiger partial charge in [0.05, 0.1) is 29.2 Å². The zero-order valence-electron chi connectivity index (χ0n) is 22.1. The maximum atomic E-state index is 14.4. The summed E-state index contributed by atoms with van der Waals surface area (Å²) in [4.78, 5) is 45.4. The fourth-order valence-electron chi connectivity index (χ4n) is 6.37. The largest absolute Gasteiger partial charge is 0.461 e. The zero-order chi connectivity index (χ0) is 26.3. The first-order valence-corrected chi connectivity index (χ1v) is 13.5. The molecular weight excluding hydrogens is 464 g/mol. The van der Waals surface area contributed by atoms with Crippen LogP contribution in [0.1, 0.15) is 60.8 Å². The molecule has 1 N–H and O–H groups in total. The number of aliphatic hydroxyl groups is 1. The molecule has 0 saturated carbocycles. The van der Waals surface area contributed by atoms with Gasteiger partial charge in [-0.25, -0.2) is 0 Å². The van der Waals surface area contributed by atoms with E-state index in [1.807, 2.05) is 41.5 Å². The van der Waals surface area contributed by atoms with E-state index in [1.54, 1.807) is 27.6 Å². The summed E-state index contributed by atoms with van der Waals surface area (Å²) in [5, 5.41) is 10.4. The SMILES string of the molecule is C=CCOC(=O)[C@H]1[C@H]2C(=O)N([C@@H](CO)[C@@H](C)CC)C(C(=O)N(CC=C)C(C)(C)C)C23CC[C@]1(C)S3. The van der Waals surface area contributed by atoms with Crippen molar-refractivity contribution in [3.63, 3.8) is 0 Å². The molecule has 7 atom stereocenters. The molecule has 0 aromatic carbocycles. The van der Waals surface area contributed by atoms with Gasteiger partial charge in [0.25, 0.3) is 0 Å². The van der Waals surface area contributed by atoms with Crippen LogP contribution in [0, 0.1) is 17.8 Å². The highest BCUT2D eigenvalue weighted by molar-refractivity contribution is 8.02. The second-order valence-electron chi connectivity index (χ2n) is 11.4. The normalized spacial score (nSPS) is 33.3. The molecule has 0 aromatic heterocycles. The first-order chi connectivity index (χ1) is 16.3. The monoisotopic (exact) mass is 506 g/mol. The molecule has 0 aromatic rings. The van der Waals surface area contributed by atoms with Crippen LogP contribution in [0.4, 0.5) is 0 Å². The molecule has 3 aliphatic heterocycles. The topological polar surface area (TPSA) is 87.1 Å². The van der Waals surface area contributed by atoms with Crippen molar-refractivity contribution in [1.82, 2.24) is 9.80 Å². The van der Waals surface area contributed by atoms with Crippen LogP contribution in [0.15, 0.2) is 25.3 Å². The van der Waals surface area contributed by atoms with Crippen molar-refractivity contribution < 1.29 is 24.2 Å². The number of carbonyl (C=O) groups is 3. The summed E-state index contributed by atoms with van der Waals surface area (Å²) >= 11 is 1.61. The van der Waals surface area contributed by atoms with E-state index in [4.69, 9.17) is 4.74 Å². The van der Waals surface area contributed by atoms with Crippen molar-refractivity contribution in [3.05, 3.63) is 25.3 Å². The lowest BCUT2D eigenvalue weighted by Gasteiger charge is -2.44.